The number of benzene rings is 3. The number of rotatable bonds is 5. The summed E-state index contributed by atoms with van der Waals surface area (Å²) < 4.78 is 31.7. The highest BCUT2D eigenvalue weighted by Gasteiger charge is 2.38. The molecule has 0 spiro atoms. The Kier molecular flexibility index (Phi) is 9.36. The molecule has 0 aromatic heterocycles. The van der Waals surface area contributed by atoms with E-state index >= 15 is 0 Å². The minimum absolute atomic E-state index is 0.0157. The lowest BCUT2D eigenvalue weighted by molar-refractivity contribution is -0.192. The van der Waals surface area contributed by atoms with Gasteiger partial charge in [-0.2, -0.15) is 18.4 Å². The summed E-state index contributed by atoms with van der Waals surface area (Å²) >= 11 is 0. The van der Waals surface area contributed by atoms with Crippen LogP contribution >= 0.6 is 0 Å². The zero-order valence-corrected chi connectivity index (χ0v) is 19.1. The van der Waals surface area contributed by atoms with Gasteiger partial charge in [0.05, 0.1) is 11.6 Å². The van der Waals surface area contributed by atoms with Crippen molar-refractivity contribution in [3.05, 3.63) is 96.1 Å². The molecule has 3 aromatic rings. The Balaban J connectivity index is 0.000000540. The van der Waals surface area contributed by atoms with Crippen molar-refractivity contribution in [3.8, 4) is 28.3 Å². The number of amides is 1. The van der Waals surface area contributed by atoms with Crippen molar-refractivity contribution in [2.45, 2.75) is 12.6 Å². The maximum Gasteiger partial charge on any atom is 0.490 e. The summed E-state index contributed by atoms with van der Waals surface area (Å²) in [5, 5.41) is 16.4. The van der Waals surface area contributed by atoms with Crippen molar-refractivity contribution in [1.29, 1.82) is 5.26 Å². The van der Waals surface area contributed by atoms with Crippen molar-refractivity contribution < 1.29 is 27.9 Å². The van der Waals surface area contributed by atoms with Crippen LogP contribution in [-0.4, -0.2) is 42.2 Å². The van der Waals surface area contributed by atoms with E-state index < -0.39 is 12.1 Å². The van der Waals surface area contributed by atoms with Crippen molar-refractivity contribution in [3.63, 3.8) is 0 Å². The van der Waals surface area contributed by atoms with Gasteiger partial charge in [-0.15, -0.1) is 0 Å². The van der Waals surface area contributed by atoms with Crippen LogP contribution in [0.3, 0.4) is 0 Å². The Bertz CT molecular complexity index is 1240. The number of aliphatic carboxylic acids is 1. The number of hydrogen-bond acceptors (Lipinski definition) is 3. The second kappa shape index (κ2) is 12.2. The Morgan fingerprint density at radius 2 is 1.40 bits per heavy atom. The molecule has 0 aliphatic carbocycles. The number of carbonyl (C=O) groups excluding carboxylic acids is 1. The van der Waals surface area contributed by atoms with Crippen LogP contribution in [0.1, 0.15) is 11.1 Å². The summed E-state index contributed by atoms with van der Waals surface area (Å²) in [5.41, 5.74) is 6.05. The van der Waals surface area contributed by atoms with E-state index in [9.17, 15) is 23.2 Å². The third-order valence-corrected chi connectivity index (χ3v) is 4.85. The Morgan fingerprint density at radius 1 is 0.914 bits per heavy atom. The molecule has 0 atom stereocenters. The average molecular weight is 480 g/mol. The molecule has 1 N–H and O–H groups in total. The first-order valence-electron chi connectivity index (χ1n) is 10.4. The molecule has 0 aliphatic heterocycles. The van der Waals surface area contributed by atoms with Gasteiger partial charge in [0.1, 0.15) is 0 Å². The van der Waals surface area contributed by atoms with Crippen LogP contribution in [0, 0.1) is 11.3 Å². The van der Waals surface area contributed by atoms with Crippen LogP contribution in [0.4, 0.5) is 13.2 Å². The number of alkyl halides is 3. The van der Waals surface area contributed by atoms with Crippen LogP contribution in [0.15, 0.2) is 84.9 Å². The maximum atomic E-state index is 11.7. The van der Waals surface area contributed by atoms with Crippen LogP contribution in [-0.2, 0) is 16.0 Å². The fraction of sp³-hybridized carbons (Fsp3) is 0.148. The Morgan fingerprint density at radius 3 is 1.91 bits per heavy atom. The fourth-order valence-electron chi connectivity index (χ4n) is 3.08. The molecule has 0 fully saturated rings. The van der Waals surface area contributed by atoms with Gasteiger partial charge < -0.3 is 10.0 Å². The minimum atomic E-state index is -5.08. The van der Waals surface area contributed by atoms with E-state index in [4.69, 9.17) is 9.90 Å². The van der Waals surface area contributed by atoms with Crippen molar-refractivity contribution >= 4 is 11.9 Å². The van der Waals surface area contributed by atoms with Crippen LogP contribution in [0.5, 0.6) is 0 Å². The third-order valence-electron chi connectivity index (χ3n) is 4.85. The molecule has 0 unspecified atom stereocenters. The highest BCUT2D eigenvalue weighted by Crippen LogP contribution is 2.29. The van der Waals surface area contributed by atoms with Crippen LogP contribution in [0.2, 0.25) is 0 Å². The lowest BCUT2D eigenvalue weighted by Gasteiger charge is -2.10. The predicted molar refractivity (Wildman–Crippen MR) is 127 cm³/mol. The molecular formula is C27H23F3N2O3. The summed E-state index contributed by atoms with van der Waals surface area (Å²) in [7, 11) is 3.49. The van der Waals surface area contributed by atoms with Gasteiger partial charge in [0.15, 0.2) is 0 Å². The molecule has 0 aliphatic rings. The molecule has 35 heavy (non-hydrogen) atoms. The van der Waals surface area contributed by atoms with Gasteiger partial charge in [-0.1, -0.05) is 72.8 Å². The Labute approximate surface area is 201 Å². The second-order valence-corrected chi connectivity index (χ2v) is 7.53. The lowest BCUT2D eigenvalue weighted by atomic mass is 9.94. The Hall–Kier alpha value is -4.38. The van der Waals surface area contributed by atoms with E-state index in [2.05, 4.69) is 30.3 Å². The lowest BCUT2D eigenvalue weighted by Crippen LogP contribution is -2.21. The van der Waals surface area contributed by atoms with Gasteiger partial charge in [-0.3, -0.25) is 4.79 Å². The van der Waals surface area contributed by atoms with E-state index in [1.54, 1.807) is 25.1 Å². The van der Waals surface area contributed by atoms with E-state index in [1.165, 1.54) is 0 Å². The molecule has 0 saturated carbocycles. The number of allylic oxidation sites excluding steroid dienone is 1. The molecule has 1 amide bonds. The molecule has 5 nitrogen and oxygen atoms in total. The van der Waals surface area contributed by atoms with Crippen molar-refractivity contribution in [2.24, 2.45) is 0 Å². The number of carboxylic acid groups (broad SMARTS) is 1. The summed E-state index contributed by atoms with van der Waals surface area (Å²) in [6.07, 6.45) is -0.883. The maximum absolute atomic E-state index is 11.7. The first-order valence-corrected chi connectivity index (χ1v) is 10.4. The largest absolute Gasteiger partial charge is 0.490 e. The monoisotopic (exact) mass is 480 g/mol. The topological polar surface area (TPSA) is 81.4 Å². The minimum Gasteiger partial charge on any atom is -0.475 e. The first-order chi connectivity index (χ1) is 16.5. The van der Waals surface area contributed by atoms with Crippen LogP contribution < -0.4 is 0 Å². The van der Waals surface area contributed by atoms with Crippen LogP contribution in [0.25, 0.3) is 22.3 Å². The quantitative estimate of drug-likeness (QED) is 0.474. The molecule has 0 bridgehead atoms. The summed E-state index contributed by atoms with van der Waals surface area (Å²) in [5.74, 6) is -2.77. The van der Waals surface area contributed by atoms with E-state index in [1.807, 2.05) is 54.6 Å². The second-order valence-electron chi connectivity index (χ2n) is 7.53. The van der Waals surface area contributed by atoms with Gasteiger partial charge in [0.25, 0.3) is 0 Å². The average Bonchev–Trinajstić information content (AvgIpc) is 2.84. The van der Waals surface area contributed by atoms with Gasteiger partial charge in [-0.25, -0.2) is 4.79 Å². The van der Waals surface area contributed by atoms with Gasteiger partial charge in [0.2, 0.25) is 5.91 Å². The summed E-state index contributed by atoms with van der Waals surface area (Å²) in [6, 6.07) is 26.3. The number of nitriles is 1. The zero-order chi connectivity index (χ0) is 26.0. The van der Waals surface area contributed by atoms with Crippen molar-refractivity contribution in [2.75, 3.05) is 14.1 Å². The van der Waals surface area contributed by atoms with E-state index in [0.29, 0.717) is 12.0 Å². The smallest absolute Gasteiger partial charge is 0.475 e. The zero-order valence-electron chi connectivity index (χ0n) is 19.1. The predicted octanol–water partition coefficient (Wildman–Crippen LogP) is 5.71. The number of hydrogen-bond donors (Lipinski definition) is 1. The SMILES string of the molecule is CN(C)C(=O)C=CCc1ccccc1-c1ccc(-c2ccccc2C#N)cc1.O=C(O)C(F)(F)F. The van der Waals surface area contributed by atoms with Gasteiger partial charge in [0, 0.05) is 14.1 Å². The molecule has 0 saturated heterocycles. The third kappa shape index (κ3) is 7.86. The molecule has 3 aromatic carbocycles. The summed E-state index contributed by atoms with van der Waals surface area (Å²) in [4.78, 5) is 22.2. The van der Waals surface area contributed by atoms with Gasteiger partial charge in [-0.05, 0) is 46.4 Å². The van der Waals surface area contributed by atoms with E-state index in [0.717, 1.165) is 27.8 Å². The summed E-state index contributed by atoms with van der Waals surface area (Å²) in [6.45, 7) is 0. The number of carboxylic acids is 1. The van der Waals surface area contributed by atoms with Crippen molar-refractivity contribution in [1.82, 2.24) is 4.90 Å². The number of halogens is 3. The molecule has 0 radical (unpaired) electrons. The highest BCUT2D eigenvalue weighted by atomic mass is 19.4. The highest BCUT2D eigenvalue weighted by molar-refractivity contribution is 5.87. The van der Waals surface area contributed by atoms with Gasteiger partial charge >= 0.3 is 12.1 Å². The normalized spacial score (nSPS) is 10.7. The molecule has 0 heterocycles. The number of carbonyl (C=O) groups is 2. The molecule has 8 heteroatoms. The number of likely N-dealkylation sites (N-methyl/N-ethyl adjacent to an activating group) is 1. The number of nitrogens with zero attached hydrogens (tertiary/aromatic N) is 2. The van der Waals surface area contributed by atoms with E-state index in [-0.39, 0.29) is 5.91 Å². The first kappa shape index (κ1) is 26.9. The molecule has 3 rings (SSSR count). The molecule has 180 valence electrons. The molecular weight excluding hydrogens is 457 g/mol. The standard InChI is InChI=1S/C25H22N2O.C2HF3O2/c1-27(2)25(28)13-7-10-19-8-3-5-11-23(19)20-14-16-21(17-15-20)24-12-6-4-9-22(24)18-26;3-2(4,5)1(6)7/h3-9,11-17H,10H2,1-2H3;(H,6,7). The fourth-order valence-corrected chi connectivity index (χ4v) is 3.08.